The van der Waals surface area contributed by atoms with Gasteiger partial charge in [-0.15, -0.1) is 0 Å². The van der Waals surface area contributed by atoms with Crippen molar-refractivity contribution in [2.45, 2.75) is 58.3 Å². The van der Waals surface area contributed by atoms with Gasteiger partial charge in [0, 0.05) is 23.1 Å². The molecule has 0 saturated heterocycles. The van der Waals surface area contributed by atoms with Crippen molar-refractivity contribution in [2.24, 2.45) is 11.8 Å². The number of aryl methyl sites for hydroxylation is 2. The molecule has 2 aliphatic rings. The molecule has 0 spiro atoms. The summed E-state index contributed by atoms with van der Waals surface area (Å²) >= 11 is 0. The molecule has 0 bridgehead atoms. The lowest BCUT2D eigenvalue weighted by Crippen LogP contribution is -2.35. The fourth-order valence-corrected chi connectivity index (χ4v) is 4.85. The number of carboxylic acid groups (broad SMARTS) is 1. The molecule has 1 aromatic heterocycles. The Kier molecular flexibility index (Phi) is 6.30. The first-order chi connectivity index (χ1) is 14.9. The number of hydrogen-bond donors (Lipinski definition) is 2. The minimum atomic E-state index is -0.724. The number of aliphatic carboxylic acids is 1. The molecule has 1 aromatic carbocycles. The van der Waals surface area contributed by atoms with E-state index in [0.717, 1.165) is 60.6 Å². The average molecular weight is 427 g/mol. The molecule has 7 heteroatoms. The number of amides is 1. The number of fused-ring (bicyclic) bond motifs is 3. The molecule has 0 radical (unpaired) electrons. The van der Waals surface area contributed by atoms with E-state index in [1.165, 1.54) is 0 Å². The van der Waals surface area contributed by atoms with Gasteiger partial charge in [-0.05, 0) is 81.9 Å². The molecule has 1 heterocycles. The lowest BCUT2D eigenvalue weighted by atomic mass is 9.82. The molecule has 1 saturated carbocycles. The predicted molar refractivity (Wildman–Crippen MR) is 115 cm³/mol. The number of nitrogens with one attached hydrogen (secondary N) is 1. The van der Waals surface area contributed by atoms with Crippen LogP contribution in [0.15, 0.2) is 21.3 Å². The zero-order chi connectivity index (χ0) is 22.0. The van der Waals surface area contributed by atoms with Crippen LogP contribution in [0.3, 0.4) is 0 Å². The SMILES string of the molecule is Cc1c(OCC(=O)NCC2CCC(C(=O)O)CC2)ccc2c3c(c(=O)oc12)CCCC3. The van der Waals surface area contributed by atoms with Crippen LogP contribution >= 0.6 is 0 Å². The van der Waals surface area contributed by atoms with E-state index in [4.69, 9.17) is 14.3 Å². The molecule has 4 rings (SSSR count). The summed E-state index contributed by atoms with van der Waals surface area (Å²) in [5, 5.41) is 12.9. The second-order valence-electron chi connectivity index (χ2n) is 8.77. The third kappa shape index (κ3) is 4.60. The van der Waals surface area contributed by atoms with E-state index in [1.807, 2.05) is 19.1 Å². The highest BCUT2D eigenvalue weighted by Gasteiger charge is 2.26. The highest BCUT2D eigenvalue weighted by Crippen LogP contribution is 2.32. The smallest absolute Gasteiger partial charge is 0.339 e. The molecule has 2 aliphatic carbocycles. The Balaban J connectivity index is 1.36. The van der Waals surface area contributed by atoms with Crippen molar-refractivity contribution in [1.29, 1.82) is 0 Å². The van der Waals surface area contributed by atoms with Crippen LogP contribution in [0.4, 0.5) is 0 Å². The normalized spacial score (nSPS) is 20.8. The van der Waals surface area contributed by atoms with Crippen LogP contribution in [0.1, 0.15) is 55.2 Å². The van der Waals surface area contributed by atoms with Crippen molar-refractivity contribution < 1.29 is 23.8 Å². The number of rotatable bonds is 6. The number of benzene rings is 1. The van der Waals surface area contributed by atoms with Crippen LogP contribution in [0.25, 0.3) is 11.0 Å². The first-order valence-corrected chi connectivity index (χ1v) is 11.1. The Bertz CT molecular complexity index is 1050. The van der Waals surface area contributed by atoms with Crippen LogP contribution in [-0.2, 0) is 22.4 Å². The molecule has 166 valence electrons. The van der Waals surface area contributed by atoms with E-state index in [1.54, 1.807) is 0 Å². The maximum atomic E-state index is 12.4. The topological polar surface area (TPSA) is 106 Å². The zero-order valence-corrected chi connectivity index (χ0v) is 17.9. The van der Waals surface area contributed by atoms with Gasteiger partial charge < -0.3 is 19.6 Å². The summed E-state index contributed by atoms with van der Waals surface area (Å²) in [6.45, 7) is 2.26. The molecule has 0 unspecified atom stereocenters. The van der Waals surface area contributed by atoms with Gasteiger partial charge in [0.05, 0.1) is 5.92 Å². The Labute approximate surface area is 180 Å². The van der Waals surface area contributed by atoms with Gasteiger partial charge in [-0.2, -0.15) is 0 Å². The maximum Gasteiger partial charge on any atom is 0.339 e. The van der Waals surface area contributed by atoms with Gasteiger partial charge in [-0.25, -0.2) is 4.79 Å². The molecule has 7 nitrogen and oxygen atoms in total. The number of carboxylic acids is 1. The van der Waals surface area contributed by atoms with E-state index in [0.29, 0.717) is 36.6 Å². The summed E-state index contributed by atoms with van der Waals surface area (Å²) in [4.78, 5) is 35.7. The standard InChI is InChI=1S/C24H29NO6/c1-14-20(11-10-18-17-4-2-3-5-19(17)24(29)31-22(14)18)30-13-21(26)25-12-15-6-8-16(9-7-15)23(27)28/h10-11,15-16H,2-9,12-13H2,1H3,(H,25,26)(H,27,28). The average Bonchev–Trinajstić information content (AvgIpc) is 2.78. The van der Waals surface area contributed by atoms with Gasteiger partial charge in [0.25, 0.3) is 5.91 Å². The molecule has 1 amide bonds. The second-order valence-corrected chi connectivity index (χ2v) is 8.77. The largest absolute Gasteiger partial charge is 0.483 e. The molecule has 1 fully saturated rings. The number of carbonyl (C=O) groups is 2. The first-order valence-electron chi connectivity index (χ1n) is 11.1. The van der Waals surface area contributed by atoms with E-state index in [2.05, 4.69) is 5.32 Å². The predicted octanol–water partition coefficient (Wildman–Crippen LogP) is 3.37. The van der Waals surface area contributed by atoms with Crippen LogP contribution < -0.4 is 15.7 Å². The van der Waals surface area contributed by atoms with Gasteiger partial charge in [-0.3, -0.25) is 9.59 Å². The van der Waals surface area contributed by atoms with E-state index in [9.17, 15) is 14.4 Å². The van der Waals surface area contributed by atoms with Gasteiger partial charge in [0.2, 0.25) is 0 Å². The van der Waals surface area contributed by atoms with Crippen molar-refractivity contribution >= 4 is 22.8 Å². The summed E-state index contributed by atoms with van der Waals surface area (Å²) < 4.78 is 11.3. The van der Waals surface area contributed by atoms with Crippen molar-refractivity contribution in [2.75, 3.05) is 13.2 Å². The molecule has 2 aromatic rings. The van der Waals surface area contributed by atoms with E-state index in [-0.39, 0.29) is 24.1 Å². The zero-order valence-electron chi connectivity index (χ0n) is 17.9. The summed E-state index contributed by atoms with van der Waals surface area (Å²) in [5.74, 6) is -0.354. The van der Waals surface area contributed by atoms with Crippen LogP contribution in [0.5, 0.6) is 5.75 Å². The van der Waals surface area contributed by atoms with Crippen LogP contribution in [-0.4, -0.2) is 30.1 Å². The summed E-state index contributed by atoms with van der Waals surface area (Å²) in [5.41, 5.74) is 2.88. The van der Waals surface area contributed by atoms with Crippen LogP contribution in [0, 0.1) is 18.8 Å². The quantitative estimate of drug-likeness (QED) is 0.685. The monoisotopic (exact) mass is 427 g/mol. The maximum absolute atomic E-state index is 12.4. The summed E-state index contributed by atoms with van der Waals surface area (Å²) in [6, 6.07) is 3.76. The van der Waals surface area contributed by atoms with Crippen molar-refractivity contribution in [3.8, 4) is 5.75 Å². The summed E-state index contributed by atoms with van der Waals surface area (Å²) in [6.07, 6.45) is 6.68. The van der Waals surface area contributed by atoms with E-state index >= 15 is 0 Å². The molecule has 31 heavy (non-hydrogen) atoms. The highest BCUT2D eigenvalue weighted by molar-refractivity contribution is 5.86. The Hall–Kier alpha value is -2.83. The Morgan fingerprint density at radius 1 is 1.13 bits per heavy atom. The lowest BCUT2D eigenvalue weighted by molar-refractivity contribution is -0.143. The molecule has 0 aliphatic heterocycles. The second kappa shape index (κ2) is 9.12. The minimum Gasteiger partial charge on any atom is -0.483 e. The van der Waals surface area contributed by atoms with Gasteiger partial charge in [-0.1, -0.05) is 0 Å². The highest BCUT2D eigenvalue weighted by atomic mass is 16.5. The molecular weight excluding hydrogens is 398 g/mol. The Morgan fingerprint density at radius 3 is 2.55 bits per heavy atom. The number of ether oxygens (including phenoxy) is 1. The minimum absolute atomic E-state index is 0.119. The number of carbonyl (C=O) groups excluding carboxylic acids is 1. The lowest BCUT2D eigenvalue weighted by Gasteiger charge is -2.26. The van der Waals surface area contributed by atoms with Crippen molar-refractivity contribution in [3.63, 3.8) is 0 Å². The van der Waals surface area contributed by atoms with Gasteiger partial charge in [0.15, 0.2) is 6.61 Å². The van der Waals surface area contributed by atoms with E-state index < -0.39 is 5.97 Å². The first kappa shape index (κ1) is 21.4. The molecular formula is C24H29NO6. The van der Waals surface area contributed by atoms with Crippen LogP contribution in [0.2, 0.25) is 0 Å². The van der Waals surface area contributed by atoms with Crippen molar-refractivity contribution in [1.82, 2.24) is 5.32 Å². The van der Waals surface area contributed by atoms with Crippen molar-refractivity contribution in [3.05, 3.63) is 39.2 Å². The fourth-order valence-electron chi connectivity index (χ4n) is 4.85. The fraction of sp³-hybridized carbons (Fsp3) is 0.542. The third-order valence-electron chi connectivity index (χ3n) is 6.73. The molecule has 2 N–H and O–H groups in total. The number of hydrogen-bond acceptors (Lipinski definition) is 5. The third-order valence-corrected chi connectivity index (χ3v) is 6.73. The molecule has 0 atom stereocenters. The van der Waals surface area contributed by atoms with Gasteiger partial charge in [0.1, 0.15) is 11.3 Å². The Morgan fingerprint density at radius 2 is 1.84 bits per heavy atom. The summed E-state index contributed by atoms with van der Waals surface area (Å²) in [7, 11) is 0. The van der Waals surface area contributed by atoms with Gasteiger partial charge >= 0.3 is 11.6 Å².